The topological polar surface area (TPSA) is 0 Å². The number of likely N-dealkylation sites (tertiary alicyclic amines) is 1. The molecule has 1 heteroatoms. The van der Waals surface area contributed by atoms with Crippen molar-refractivity contribution < 1.29 is 4.48 Å². The van der Waals surface area contributed by atoms with Crippen LogP contribution in [0.15, 0.2) is 0 Å². The molecule has 0 radical (unpaired) electrons. The van der Waals surface area contributed by atoms with Crippen LogP contribution in [0.5, 0.6) is 0 Å². The molecule has 0 aromatic rings. The Morgan fingerprint density at radius 1 is 0.750 bits per heavy atom. The molecule has 0 aliphatic carbocycles. The average Bonchev–Trinajstić information content (AvgIpc) is 2.05. The first-order valence-corrected chi connectivity index (χ1v) is 5.46. The number of quaternary nitrogens is 1. The van der Waals surface area contributed by atoms with Crippen molar-refractivity contribution >= 4 is 0 Å². The van der Waals surface area contributed by atoms with E-state index in [9.17, 15) is 0 Å². The van der Waals surface area contributed by atoms with Crippen molar-refractivity contribution in [1.82, 2.24) is 0 Å². The summed E-state index contributed by atoms with van der Waals surface area (Å²) in [5.74, 6) is 0. The third kappa shape index (κ3) is 1.66. The molecule has 0 atom stereocenters. The van der Waals surface area contributed by atoms with E-state index in [0.717, 1.165) is 12.1 Å². The van der Waals surface area contributed by atoms with Gasteiger partial charge < -0.3 is 4.48 Å². The predicted molar refractivity (Wildman–Crippen MR) is 54.1 cm³/mol. The van der Waals surface area contributed by atoms with Crippen LogP contribution < -0.4 is 0 Å². The summed E-state index contributed by atoms with van der Waals surface area (Å²) >= 11 is 0. The van der Waals surface area contributed by atoms with Gasteiger partial charge in [0.25, 0.3) is 0 Å². The van der Waals surface area contributed by atoms with E-state index < -0.39 is 0 Å². The molecule has 0 saturated carbocycles. The third-order valence-electron chi connectivity index (χ3n) is 3.71. The minimum Gasteiger partial charge on any atom is -0.320 e. The van der Waals surface area contributed by atoms with Crippen LogP contribution in [0.25, 0.3) is 0 Å². The Balaban J connectivity index is 2.70. The quantitative estimate of drug-likeness (QED) is 0.559. The second kappa shape index (κ2) is 3.78. The molecule has 0 spiro atoms. The van der Waals surface area contributed by atoms with Gasteiger partial charge in [-0.15, -0.1) is 0 Å². The number of rotatable bonds is 2. The lowest BCUT2D eigenvalue weighted by Gasteiger charge is -2.48. The lowest BCUT2D eigenvalue weighted by atomic mass is 10.0. The first-order chi connectivity index (χ1) is 5.59. The first kappa shape index (κ1) is 10.0. The molecule has 1 nitrogen and oxygen atoms in total. The van der Waals surface area contributed by atoms with Gasteiger partial charge in [0.2, 0.25) is 0 Å². The maximum Gasteiger partial charge on any atom is 0.0835 e. The molecule has 1 fully saturated rings. The molecule has 1 aliphatic rings. The fraction of sp³-hybridized carbons (Fsp3) is 1.00. The lowest BCUT2D eigenvalue weighted by molar-refractivity contribution is -0.970. The molecule has 0 N–H and O–H groups in total. The zero-order valence-corrected chi connectivity index (χ0v) is 9.14. The summed E-state index contributed by atoms with van der Waals surface area (Å²) in [6.07, 6.45) is 4.34. The van der Waals surface area contributed by atoms with Gasteiger partial charge in [-0.25, -0.2) is 0 Å². The van der Waals surface area contributed by atoms with Gasteiger partial charge in [-0.2, -0.15) is 0 Å². The van der Waals surface area contributed by atoms with Crippen molar-refractivity contribution in [3.63, 3.8) is 0 Å². The molecule has 0 bridgehead atoms. The van der Waals surface area contributed by atoms with Crippen LogP contribution in [-0.4, -0.2) is 29.7 Å². The van der Waals surface area contributed by atoms with E-state index >= 15 is 0 Å². The largest absolute Gasteiger partial charge is 0.320 e. The van der Waals surface area contributed by atoms with E-state index in [1.807, 2.05) is 0 Å². The number of nitrogens with zero attached hydrogens (tertiary/aromatic N) is 1. The van der Waals surface area contributed by atoms with E-state index in [0.29, 0.717) is 0 Å². The average molecular weight is 170 g/mol. The molecule has 0 unspecified atom stereocenters. The highest BCUT2D eigenvalue weighted by Crippen LogP contribution is 2.26. The molecule has 1 aliphatic heterocycles. The van der Waals surface area contributed by atoms with Crippen molar-refractivity contribution in [2.24, 2.45) is 0 Å². The van der Waals surface area contributed by atoms with Crippen LogP contribution in [0, 0.1) is 0 Å². The highest BCUT2D eigenvalue weighted by Gasteiger charge is 2.35. The Bertz CT molecular complexity index is 122. The molecule has 1 heterocycles. The van der Waals surface area contributed by atoms with Crippen molar-refractivity contribution in [3.8, 4) is 0 Å². The first-order valence-electron chi connectivity index (χ1n) is 5.46. The summed E-state index contributed by atoms with van der Waals surface area (Å²) in [5.41, 5.74) is 0. The standard InChI is InChI=1S/C11H24N/c1-10(2)12(11(3)4)8-6-5-7-9-12/h10-11H,5-9H2,1-4H3/q+1. The smallest absolute Gasteiger partial charge is 0.0835 e. The van der Waals surface area contributed by atoms with Crippen LogP contribution in [0.1, 0.15) is 47.0 Å². The minimum atomic E-state index is 0.810. The van der Waals surface area contributed by atoms with E-state index in [-0.39, 0.29) is 0 Å². The minimum absolute atomic E-state index is 0.810. The van der Waals surface area contributed by atoms with Crippen LogP contribution in [-0.2, 0) is 0 Å². The van der Waals surface area contributed by atoms with Gasteiger partial charge in [0.05, 0.1) is 25.2 Å². The van der Waals surface area contributed by atoms with Crippen LogP contribution in [0.4, 0.5) is 0 Å². The van der Waals surface area contributed by atoms with Crippen LogP contribution in [0.2, 0.25) is 0 Å². The van der Waals surface area contributed by atoms with Crippen LogP contribution >= 0.6 is 0 Å². The summed E-state index contributed by atoms with van der Waals surface area (Å²) in [6.45, 7) is 12.3. The molecular formula is C11H24N+. The number of hydrogen-bond acceptors (Lipinski definition) is 0. The highest BCUT2D eigenvalue weighted by molar-refractivity contribution is 4.60. The van der Waals surface area contributed by atoms with E-state index in [4.69, 9.17) is 0 Å². The van der Waals surface area contributed by atoms with E-state index in [1.54, 1.807) is 0 Å². The van der Waals surface area contributed by atoms with Gasteiger partial charge in [0.15, 0.2) is 0 Å². The maximum atomic E-state index is 2.38. The second-order valence-corrected chi connectivity index (χ2v) is 4.80. The number of piperidine rings is 1. The normalized spacial score (nSPS) is 23.5. The van der Waals surface area contributed by atoms with Gasteiger partial charge in [-0.05, 0) is 47.0 Å². The molecule has 1 rings (SSSR count). The molecule has 72 valence electrons. The molecule has 1 saturated heterocycles. The molecular weight excluding hydrogens is 146 g/mol. The Hall–Kier alpha value is -0.0400. The van der Waals surface area contributed by atoms with Gasteiger partial charge in [0.1, 0.15) is 0 Å². The summed E-state index contributed by atoms with van der Waals surface area (Å²) in [4.78, 5) is 0. The Morgan fingerprint density at radius 2 is 1.17 bits per heavy atom. The van der Waals surface area contributed by atoms with Gasteiger partial charge >= 0.3 is 0 Å². The summed E-state index contributed by atoms with van der Waals surface area (Å²) in [6, 6.07) is 1.62. The fourth-order valence-corrected chi connectivity index (χ4v) is 2.73. The fourth-order valence-electron chi connectivity index (χ4n) is 2.73. The van der Waals surface area contributed by atoms with Crippen molar-refractivity contribution in [3.05, 3.63) is 0 Å². The Kier molecular flexibility index (Phi) is 3.16. The van der Waals surface area contributed by atoms with Gasteiger partial charge in [-0.1, -0.05) is 0 Å². The van der Waals surface area contributed by atoms with Gasteiger partial charge in [-0.3, -0.25) is 0 Å². The molecule has 0 aromatic heterocycles. The maximum absolute atomic E-state index is 2.38. The van der Waals surface area contributed by atoms with Gasteiger partial charge in [0, 0.05) is 0 Å². The third-order valence-corrected chi connectivity index (χ3v) is 3.71. The van der Waals surface area contributed by atoms with E-state index in [2.05, 4.69) is 27.7 Å². The van der Waals surface area contributed by atoms with Crippen LogP contribution in [0.3, 0.4) is 0 Å². The van der Waals surface area contributed by atoms with Crippen molar-refractivity contribution in [1.29, 1.82) is 0 Å². The summed E-state index contributed by atoms with van der Waals surface area (Å²) < 4.78 is 1.36. The monoisotopic (exact) mass is 170 g/mol. The number of hydrogen-bond donors (Lipinski definition) is 0. The zero-order chi connectivity index (χ0) is 9.19. The highest BCUT2D eigenvalue weighted by atomic mass is 15.4. The predicted octanol–water partition coefficient (Wildman–Crippen LogP) is 2.80. The SMILES string of the molecule is CC(C)[N+]1(C(C)C)CCCCC1. The molecule has 0 amide bonds. The zero-order valence-electron chi connectivity index (χ0n) is 9.14. The molecule has 12 heavy (non-hydrogen) atoms. The van der Waals surface area contributed by atoms with E-state index in [1.165, 1.54) is 36.8 Å². The second-order valence-electron chi connectivity index (χ2n) is 4.80. The van der Waals surface area contributed by atoms with Crippen molar-refractivity contribution in [2.45, 2.75) is 59.0 Å². The molecule has 0 aromatic carbocycles. The Morgan fingerprint density at radius 3 is 1.42 bits per heavy atom. The summed E-state index contributed by atoms with van der Waals surface area (Å²) in [7, 11) is 0. The summed E-state index contributed by atoms with van der Waals surface area (Å²) in [5, 5.41) is 0. The van der Waals surface area contributed by atoms with Crippen molar-refractivity contribution in [2.75, 3.05) is 13.1 Å². The Labute approximate surface area is 77.4 Å². The lowest BCUT2D eigenvalue weighted by Crippen LogP contribution is -2.60.